The Labute approximate surface area is 121 Å². The predicted octanol–water partition coefficient (Wildman–Crippen LogP) is 2.18. The molecule has 110 valence electrons. The van der Waals surface area contributed by atoms with Crippen LogP contribution in [-0.2, 0) is 4.74 Å². The van der Waals surface area contributed by atoms with E-state index >= 15 is 0 Å². The SMILES string of the molecule is COc1ccc(C(=O)Nc2nnc(C3CCCO3)o2)cc1. The summed E-state index contributed by atoms with van der Waals surface area (Å²) in [5.74, 6) is 0.766. The van der Waals surface area contributed by atoms with Crippen LogP contribution in [0.15, 0.2) is 28.7 Å². The molecule has 0 saturated carbocycles. The van der Waals surface area contributed by atoms with E-state index in [4.69, 9.17) is 13.9 Å². The van der Waals surface area contributed by atoms with Gasteiger partial charge in [-0.2, -0.15) is 0 Å². The topological polar surface area (TPSA) is 86.5 Å². The number of methoxy groups -OCH3 is 1. The third-order valence-corrected chi connectivity index (χ3v) is 3.22. The first-order valence-corrected chi connectivity index (χ1v) is 6.66. The van der Waals surface area contributed by atoms with Gasteiger partial charge in [-0.1, -0.05) is 5.10 Å². The molecule has 1 aromatic carbocycles. The zero-order chi connectivity index (χ0) is 14.7. The molecule has 0 radical (unpaired) electrons. The van der Waals surface area contributed by atoms with Crippen LogP contribution in [0.25, 0.3) is 0 Å². The zero-order valence-electron chi connectivity index (χ0n) is 11.5. The van der Waals surface area contributed by atoms with Gasteiger partial charge in [-0.05, 0) is 37.1 Å². The Hall–Kier alpha value is -2.41. The van der Waals surface area contributed by atoms with E-state index in [1.807, 2.05) is 0 Å². The van der Waals surface area contributed by atoms with Crippen molar-refractivity contribution in [2.24, 2.45) is 0 Å². The number of hydrogen-bond acceptors (Lipinski definition) is 6. The average Bonchev–Trinajstić information content (AvgIpc) is 3.18. The summed E-state index contributed by atoms with van der Waals surface area (Å²) >= 11 is 0. The van der Waals surface area contributed by atoms with Gasteiger partial charge in [0.2, 0.25) is 5.89 Å². The number of anilines is 1. The Morgan fingerprint density at radius 2 is 2.14 bits per heavy atom. The minimum absolute atomic E-state index is 0.0707. The van der Waals surface area contributed by atoms with Crippen LogP contribution in [0.4, 0.5) is 6.01 Å². The lowest BCUT2D eigenvalue weighted by molar-refractivity contribution is 0.0893. The number of hydrogen-bond donors (Lipinski definition) is 1. The van der Waals surface area contributed by atoms with Crippen molar-refractivity contribution in [2.45, 2.75) is 18.9 Å². The van der Waals surface area contributed by atoms with Gasteiger partial charge in [0.25, 0.3) is 5.91 Å². The molecule has 1 unspecified atom stereocenters. The number of rotatable bonds is 4. The van der Waals surface area contributed by atoms with E-state index < -0.39 is 0 Å². The number of amides is 1. The molecule has 1 aliphatic rings. The zero-order valence-corrected chi connectivity index (χ0v) is 11.5. The molecule has 1 aromatic heterocycles. The van der Waals surface area contributed by atoms with Gasteiger partial charge >= 0.3 is 6.01 Å². The molecule has 0 aliphatic carbocycles. The van der Waals surface area contributed by atoms with Crippen molar-refractivity contribution in [1.82, 2.24) is 10.2 Å². The summed E-state index contributed by atoms with van der Waals surface area (Å²) in [6.45, 7) is 0.695. The first-order valence-electron chi connectivity index (χ1n) is 6.66. The van der Waals surface area contributed by atoms with Crippen molar-refractivity contribution in [3.8, 4) is 5.75 Å². The molecule has 7 nitrogen and oxygen atoms in total. The van der Waals surface area contributed by atoms with Gasteiger partial charge in [-0.15, -0.1) is 5.10 Å². The number of aromatic nitrogens is 2. The van der Waals surface area contributed by atoms with Gasteiger partial charge in [0.15, 0.2) is 0 Å². The molecule has 2 heterocycles. The maximum Gasteiger partial charge on any atom is 0.322 e. The molecule has 0 spiro atoms. The van der Waals surface area contributed by atoms with Crippen molar-refractivity contribution < 1.29 is 18.7 Å². The van der Waals surface area contributed by atoms with Crippen molar-refractivity contribution in [2.75, 3.05) is 19.0 Å². The third kappa shape index (κ3) is 3.03. The fraction of sp³-hybridized carbons (Fsp3) is 0.357. The molecule has 1 N–H and O–H groups in total. The molecule has 3 rings (SSSR count). The lowest BCUT2D eigenvalue weighted by Crippen LogP contribution is -2.11. The van der Waals surface area contributed by atoms with Crippen LogP contribution in [0.3, 0.4) is 0 Å². The van der Waals surface area contributed by atoms with Gasteiger partial charge < -0.3 is 13.9 Å². The Morgan fingerprint density at radius 1 is 1.33 bits per heavy atom. The van der Waals surface area contributed by atoms with Crippen LogP contribution in [0, 0.1) is 0 Å². The van der Waals surface area contributed by atoms with E-state index in [-0.39, 0.29) is 18.0 Å². The quantitative estimate of drug-likeness (QED) is 0.928. The summed E-state index contributed by atoms with van der Waals surface area (Å²) in [6, 6.07) is 6.80. The predicted molar refractivity (Wildman–Crippen MR) is 73.2 cm³/mol. The number of nitrogens with zero attached hydrogens (tertiary/aromatic N) is 2. The lowest BCUT2D eigenvalue weighted by Gasteiger charge is -2.03. The summed E-state index contributed by atoms with van der Waals surface area (Å²) in [6.07, 6.45) is 1.67. The molecule has 0 bridgehead atoms. The van der Waals surface area contributed by atoms with Crippen LogP contribution in [-0.4, -0.2) is 29.8 Å². The van der Waals surface area contributed by atoms with E-state index in [0.717, 1.165) is 12.8 Å². The normalized spacial score (nSPS) is 17.7. The first-order chi connectivity index (χ1) is 10.3. The molecule has 1 aliphatic heterocycles. The average molecular weight is 289 g/mol. The Balaban J connectivity index is 1.66. The van der Waals surface area contributed by atoms with Crippen molar-refractivity contribution in [1.29, 1.82) is 0 Å². The van der Waals surface area contributed by atoms with Crippen molar-refractivity contribution in [3.63, 3.8) is 0 Å². The highest BCUT2D eigenvalue weighted by molar-refractivity contribution is 6.03. The number of nitrogens with one attached hydrogen (secondary N) is 1. The molecule has 7 heteroatoms. The second-order valence-corrected chi connectivity index (χ2v) is 4.63. The summed E-state index contributed by atoms with van der Waals surface area (Å²) in [5.41, 5.74) is 0.479. The van der Waals surface area contributed by atoms with Crippen molar-refractivity contribution >= 4 is 11.9 Å². The highest BCUT2D eigenvalue weighted by Crippen LogP contribution is 2.28. The van der Waals surface area contributed by atoms with E-state index in [1.165, 1.54) is 0 Å². The molecule has 1 fully saturated rings. The Bertz CT molecular complexity index is 617. The minimum atomic E-state index is -0.319. The lowest BCUT2D eigenvalue weighted by atomic mass is 10.2. The number of ether oxygens (including phenoxy) is 2. The summed E-state index contributed by atoms with van der Waals surface area (Å²) in [7, 11) is 1.57. The van der Waals surface area contributed by atoms with Crippen LogP contribution in [0.1, 0.15) is 35.2 Å². The van der Waals surface area contributed by atoms with Crippen LogP contribution in [0.5, 0.6) is 5.75 Å². The van der Waals surface area contributed by atoms with Gasteiger partial charge in [-0.3, -0.25) is 10.1 Å². The van der Waals surface area contributed by atoms with Gasteiger partial charge in [0.05, 0.1) is 7.11 Å². The first kappa shape index (κ1) is 13.6. The van der Waals surface area contributed by atoms with Crippen molar-refractivity contribution in [3.05, 3.63) is 35.7 Å². The highest BCUT2D eigenvalue weighted by Gasteiger charge is 2.24. The summed E-state index contributed by atoms with van der Waals surface area (Å²) < 4.78 is 15.9. The van der Waals surface area contributed by atoms with Gasteiger partial charge in [0.1, 0.15) is 11.9 Å². The van der Waals surface area contributed by atoms with E-state index in [2.05, 4.69) is 15.5 Å². The maximum absolute atomic E-state index is 12.0. The molecule has 21 heavy (non-hydrogen) atoms. The molecular weight excluding hydrogens is 274 g/mol. The maximum atomic E-state index is 12.0. The number of carbonyl (C=O) groups is 1. The second-order valence-electron chi connectivity index (χ2n) is 4.63. The van der Waals surface area contributed by atoms with E-state index in [0.29, 0.717) is 23.8 Å². The fourth-order valence-electron chi connectivity index (χ4n) is 2.10. The monoisotopic (exact) mass is 289 g/mol. The molecule has 2 aromatic rings. The third-order valence-electron chi connectivity index (χ3n) is 3.22. The molecular formula is C14H15N3O4. The van der Waals surface area contributed by atoms with E-state index in [1.54, 1.807) is 31.4 Å². The summed E-state index contributed by atoms with van der Waals surface area (Å²) in [5, 5.41) is 10.3. The molecule has 1 amide bonds. The van der Waals surface area contributed by atoms with Crippen LogP contribution in [0.2, 0.25) is 0 Å². The number of benzene rings is 1. The second kappa shape index (κ2) is 5.92. The molecule has 1 saturated heterocycles. The van der Waals surface area contributed by atoms with Gasteiger partial charge in [-0.25, -0.2) is 0 Å². The Kier molecular flexibility index (Phi) is 3.83. The largest absolute Gasteiger partial charge is 0.497 e. The number of carbonyl (C=O) groups excluding carboxylic acids is 1. The highest BCUT2D eigenvalue weighted by atomic mass is 16.5. The van der Waals surface area contributed by atoms with Crippen LogP contribution >= 0.6 is 0 Å². The summed E-state index contributed by atoms with van der Waals surface area (Å²) in [4.78, 5) is 12.0. The molecule has 1 atom stereocenters. The Morgan fingerprint density at radius 3 is 2.81 bits per heavy atom. The fourth-order valence-corrected chi connectivity index (χ4v) is 2.10. The minimum Gasteiger partial charge on any atom is -0.497 e. The van der Waals surface area contributed by atoms with Gasteiger partial charge in [0, 0.05) is 12.2 Å². The van der Waals surface area contributed by atoms with E-state index in [9.17, 15) is 4.79 Å². The standard InChI is InChI=1S/C14H15N3O4/c1-19-10-6-4-9(5-7-10)12(18)15-14-17-16-13(21-14)11-3-2-8-20-11/h4-7,11H,2-3,8H2,1H3,(H,15,17,18). The van der Waals surface area contributed by atoms with Crippen LogP contribution < -0.4 is 10.1 Å². The smallest absolute Gasteiger partial charge is 0.322 e.